The molecule has 0 atom stereocenters. The third kappa shape index (κ3) is 4.81. The van der Waals surface area contributed by atoms with Gasteiger partial charge in [0.1, 0.15) is 17.1 Å². The average Bonchev–Trinajstić information content (AvgIpc) is 2.87. The first-order valence-electron chi connectivity index (χ1n) is 11.0. The van der Waals surface area contributed by atoms with Crippen LogP contribution < -0.4 is 15.6 Å². The summed E-state index contributed by atoms with van der Waals surface area (Å²) in [6.45, 7) is 3.31. The number of halogens is 1. The Morgan fingerprint density at radius 3 is 2.51 bits per heavy atom. The van der Waals surface area contributed by atoms with Crippen molar-refractivity contribution >= 4 is 34.4 Å². The molecule has 3 heterocycles. The maximum Gasteiger partial charge on any atom is 0.341 e. The van der Waals surface area contributed by atoms with Crippen molar-refractivity contribution in [1.29, 1.82) is 0 Å². The molecule has 0 radical (unpaired) electrons. The maximum absolute atomic E-state index is 15.0. The van der Waals surface area contributed by atoms with Crippen molar-refractivity contribution in [2.24, 2.45) is 0 Å². The molecule has 1 saturated heterocycles. The van der Waals surface area contributed by atoms with Gasteiger partial charge in [-0.2, -0.15) is 0 Å². The number of carboxylic acid groups (broad SMARTS) is 1. The van der Waals surface area contributed by atoms with Gasteiger partial charge >= 0.3 is 5.97 Å². The van der Waals surface area contributed by atoms with Crippen molar-refractivity contribution in [2.75, 3.05) is 37.6 Å². The van der Waals surface area contributed by atoms with E-state index in [2.05, 4.69) is 15.3 Å². The normalized spacial score (nSPS) is 13.7. The molecule has 0 bridgehead atoms. The quantitative estimate of drug-likeness (QED) is 0.525. The number of hydrogen-bond acceptors (Lipinski definition) is 7. The fourth-order valence-electron chi connectivity index (χ4n) is 4.03. The molecular weight excluding hydrogens is 459 g/mol. The van der Waals surface area contributed by atoms with Crippen molar-refractivity contribution in [3.63, 3.8) is 0 Å². The van der Waals surface area contributed by atoms with E-state index in [1.807, 2.05) is 0 Å². The summed E-state index contributed by atoms with van der Waals surface area (Å²) in [6, 6.07) is 2.62. The Morgan fingerprint density at radius 1 is 1.14 bits per heavy atom. The van der Waals surface area contributed by atoms with E-state index in [-0.39, 0.29) is 29.2 Å². The van der Waals surface area contributed by atoms with Gasteiger partial charge in [-0.3, -0.25) is 19.4 Å². The second-order valence-corrected chi connectivity index (χ2v) is 7.93. The highest BCUT2D eigenvalue weighted by Crippen LogP contribution is 2.26. The van der Waals surface area contributed by atoms with Crippen LogP contribution in [0.15, 0.2) is 41.7 Å². The average molecular weight is 482 g/mol. The van der Waals surface area contributed by atoms with E-state index in [9.17, 15) is 24.3 Å². The number of aromatic nitrogens is 3. The highest BCUT2D eigenvalue weighted by molar-refractivity contribution is 5.95. The minimum absolute atomic E-state index is 0.000612. The minimum atomic E-state index is -1.36. The van der Waals surface area contributed by atoms with Crippen molar-refractivity contribution in [3.8, 4) is 0 Å². The Labute approximate surface area is 198 Å². The lowest BCUT2D eigenvalue weighted by atomic mass is 10.1. The van der Waals surface area contributed by atoms with Crippen molar-refractivity contribution in [2.45, 2.75) is 13.5 Å². The first kappa shape index (κ1) is 23.8. The third-order valence-electron chi connectivity index (χ3n) is 5.89. The van der Waals surface area contributed by atoms with Crippen LogP contribution in [0.1, 0.15) is 27.8 Å². The number of carboxylic acids is 1. The van der Waals surface area contributed by atoms with Gasteiger partial charge in [0.15, 0.2) is 0 Å². The third-order valence-corrected chi connectivity index (χ3v) is 5.89. The molecule has 35 heavy (non-hydrogen) atoms. The van der Waals surface area contributed by atoms with Crippen LogP contribution in [0.4, 0.5) is 10.1 Å². The van der Waals surface area contributed by atoms with Crippen LogP contribution in [0, 0.1) is 5.82 Å². The second-order valence-electron chi connectivity index (χ2n) is 7.93. The van der Waals surface area contributed by atoms with E-state index in [0.717, 1.165) is 6.07 Å². The molecule has 1 fully saturated rings. The number of rotatable bonds is 6. The number of anilines is 1. The van der Waals surface area contributed by atoms with Gasteiger partial charge in [-0.05, 0) is 19.1 Å². The Hall–Kier alpha value is -4.35. The molecule has 1 aromatic carbocycles. The van der Waals surface area contributed by atoms with Crippen LogP contribution in [0.2, 0.25) is 0 Å². The zero-order valence-electron chi connectivity index (χ0n) is 18.9. The fourth-order valence-corrected chi connectivity index (χ4v) is 4.03. The number of nitrogens with zero attached hydrogens (tertiary/aromatic N) is 5. The minimum Gasteiger partial charge on any atom is -0.477 e. The highest BCUT2D eigenvalue weighted by atomic mass is 19.1. The maximum atomic E-state index is 15.0. The summed E-state index contributed by atoms with van der Waals surface area (Å²) < 4.78 is 16.6. The largest absolute Gasteiger partial charge is 0.477 e. The second kappa shape index (κ2) is 9.87. The molecule has 3 aromatic rings. The Balaban J connectivity index is 1.46. The van der Waals surface area contributed by atoms with Crippen LogP contribution in [0.5, 0.6) is 0 Å². The molecule has 2 N–H and O–H groups in total. The molecule has 0 unspecified atom stereocenters. The predicted octanol–water partition coefficient (Wildman–Crippen LogP) is 0.727. The summed E-state index contributed by atoms with van der Waals surface area (Å²) in [5, 5.41) is 11.8. The van der Waals surface area contributed by atoms with Crippen LogP contribution >= 0.6 is 0 Å². The molecule has 11 nitrogen and oxygen atoms in total. The molecule has 0 spiro atoms. The monoisotopic (exact) mass is 482 g/mol. The fraction of sp³-hybridized carbons (Fsp3) is 0.304. The van der Waals surface area contributed by atoms with Gasteiger partial charge in [-0.1, -0.05) is 0 Å². The zero-order valence-corrected chi connectivity index (χ0v) is 18.9. The van der Waals surface area contributed by atoms with E-state index in [4.69, 9.17) is 0 Å². The van der Waals surface area contributed by atoms with E-state index in [1.165, 1.54) is 24.8 Å². The lowest BCUT2D eigenvalue weighted by Gasteiger charge is -2.36. The summed E-state index contributed by atoms with van der Waals surface area (Å²) >= 11 is 0. The molecule has 4 rings (SSSR count). The van der Waals surface area contributed by atoms with E-state index in [1.54, 1.807) is 27.4 Å². The number of aryl methyl sites for hydroxylation is 1. The summed E-state index contributed by atoms with van der Waals surface area (Å²) in [4.78, 5) is 59.6. The molecule has 182 valence electrons. The number of amides is 2. The highest BCUT2D eigenvalue weighted by Gasteiger charge is 2.25. The zero-order chi connectivity index (χ0) is 25.1. The molecule has 2 aromatic heterocycles. The predicted molar refractivity (Wildman–Crippen MR) is 124 cm³/mol. The summed E-state index contributed by atoms with van der Waals surface area (Å²) in [6.07, 6.45) is 5.39. The molecule has 12 heteroatoms. The van der Waals surface area contributed by atoms with Crippen LogP contribution in [-0.4, -0.2) is 75.0 Å². The van der Waals surface area contributed by atoms with E-state index in [0.29, 0.717) is 38.2 Å². The molecule has 1 aliphatic heterocycles. The van der Waals surface area contributed by atoms with Crippen LogP contribution in [-0.2, 0) is 11.3 Å². The number of pyridine rings is 1. The van der Waals surface area contributed by atoms with Crippen LogP contribution in [0.25, 0.3) is 10.9 Å². The number of carbonyl (C=O) groups is 3. The van der Waals surface area contributed by atoms with Gasteiger partial charge in [0.2, 0.25) is 11.3 Å². The topological polar surface area (TPSA) is 138 Å². The van der Waals surface area contributed by atoms with Gasteiger partial charge in [0, 0.05) is 56.7 Å². The first-order chi connectivity index (χ1) is 16.8. The van der Waals surface area contributed by atoms with Gasteiger partial charge < -0.3 is 24.8 Å². The van der Waals surface area contributed by atoms with Crippen molar-refractivity contribution in [3.05, 3.63) is 64.2 Å². The van der Waals surface area contributed by atoms with E-state index >= 15 is 4.39 Å². The molecule has 1 aliphatic rings. The molecule has 2 amide bonds. The lowest BCUT2D eigenvalue weighted by Crippen LogP contribution is -2.51. The molecule has 0 aliphatic carbocycles. The molecule has 0 saturated carbocycles. The van der Waals surface area contributed by atoms with Gasteiger partial charge in [0.25, 0.3) is 5.91 Å². The number of benzene rings is 1. The summed E-state index contributed by atoms with van der Waals surface area (Å²) in [5.41, 5.74) is -0.334. The van der Waals surface area contributed by atoms with Crippen molar-refractivity contribution in [1.82, 2.24) is 24.8 Å². The number of hydrogen-bond donors (Lipinski definition) is 2. The Bertz CT molecular complexity index is 1350. The standard InChI is InChI=1S/C23H23FN6O5/c1-2-28-13-15(23(34)35)21(32)14-9-16(24)19(10-18(14)28)29-5-7-30(8-6-29)20(31)12-27-22(33)17-11-25-3-4-26-17/h3-4,9-11,13H,2,5-8,12H2,1H3,(H,27,33)(H,34,35). The number of piperazine rings is 1. The van der Waals surface area contributed by atoms with Crippen molar-refractivity contribution < 1.29 is 23.9 Å². The Morgan fingerprint density at radius 2 is 1.89 bits per heavy atom. The van der Waals surface area contributed by atoms with Gasteiger partial charge in [-0.25, -0.2) is 14.2 Å². The number of carbonyl (C=O) groups excluding carboxylic acids is 2. The van der Waals surface area contributed by atoms with Crippen LogP contribution in [0.3, 0.4) is 0 Å². The molecular formula is C23H23FN6O5. The lowest BCUT2D eigenvalue weighted by molar-refractivity contribution is -0.130. The number of fused-ring (bicyclic) bond motifs is 1. The number of nitrogens with one attached hydrogen (secondary N) is 1. The SMILES string of the molecule is CCn1cc(C(=O)O)c(=O)c2cc(F)c(N3CCN(C(=O)CNC(=O)c4cnccn4)CC3)cc21. The van der Waals surface area contributed by atoms with Gasteiger partial charge in [-0.15, -0.1) is 0 Å². The van der Waals surface area contributed by atoms with Gasteiger partial charge in [0.05, 0.1) is 23.9 Å². The smallest absolute Gasteiger partial charge is 0.341 e. The van der Waals surface area contributed by atoms with E-state index < -0.39 is 28.7 Å². The number of aromatic carboxylic acids is 1. The first-order valence-corrected chi connectivity index (χ1v) is 11.0. The summed E-state index contributed by atoms with van der Waals surface area (Å²) in [5.74, 6) is -2.79. The summed E-state index contributed by atoms with van der Waals surface area (Å²) in [7, 11) is 0. The Kier molecular flexibility index (Phi) is 6.71.